The fraction of sp³-hybridized carbons (Fsp3) is 0.500. The van der Waals surface area contributed by atoms with Gasteiger partial charge in [-0.2, -0.15) is 0 Å². The van der Waals surface area contributed by atoms with E-state index in [1.54, 1.807) is 24.3 Å². The van der Waals surface area contributed by atoms with Crippen LogP contribution in [0.4, 0.5) is 4.79 Å². The van der Waals surface area contributed by atoms with Gasteiger partial charge in [-0.25, -0.2) is 9.59 Å². The lowest BCUT2D eigenvalue weighted by Gasteiger charge is -2.23. The Morgan fingerprint density at radius 1 is 1.19 bits per heavy atom. The highest BCUT2D eigenvalue weighted by molar-refractivity contribution is 5.89. The van der Waals surface area contributed by atoms with Crippen molar-refractivity contribution in [2.75, 3.05) is 0 Å². The summed E-state index contributed by atoms with van der Waals surface area (Å²) >= 11 is 0. The predicted octanol–water partition coefficient (Wildman–Crippen LogP) is 1.03. The molecule has 0 radical (unpaired) electrons. The fourth-order valence-electron chi connectivity index (χ4n) is 2.47. The maximum absolute atomic E-state index is 12.3. The maximum Gasteiger partial charge on any atom is 0.408 e. The van der Waals surface area contributed by atoms with E-state index in [1.165, 1.54) is 6.92 Å². The van der Waals surface area contributed by atoms with Crippen molar-refractivity contribution in [2.24, 2.45) is 5.92 Å². The van der Waals surface area contributed by atoms with Crippen molar-refractivity contribution in [1.29, 1.82) is 0 Å². The molecule has 1 fully saturated rings. The summed E-state index contributed by atoms with van der Waals surface area (Å²) in [4.78, 5) is 35.5. The standard InChI is InChI=1S/C18H24N2O6/c1-11(21)15(16(22)19-14(17(23)24)9-12-7-8-12)20-18(25)26-10-13-5-3-2-4-6-13/h2-6,11-12,14-15,21H,7-10H2,1H3,(H,19,22)(H,20,25)(H,23,24)/t11-,14-,15+/m1/s1. The van der Waals surface area contributed by atoms with E-state index in [4.69, 9.17) is 4.74 Å². The van der Waals surface area contributed by atoms with Gasteiger partial charge in [0, 0.05) is 0 Å². The summed E-state index contributed by atoms with van der Waals surface area (Å²) in [6, 6.07) is 6.64. The molecule has 1 aliphatic rings. The number of carboxylic acid groups (broad SMARTS) is 1. The van der Waals surface area contributed by atoms with Crippen molar-refractivity contribution in [1.82, 2.24) is 10.6 Å². The number of aliphatic carboxylic acids is 1. The number of carbonyl (C=O) groups excluding carboxylic acids is 2. The lowest BCUT2D eigenvalue weighted by Crippen LogP contribution is -2.55. The smallest absolute Gasteiger partial charge is 0.408 e. The molecule has 2 amide bonds. The van der Waals surface area contributed by atoms with Crippen LogP contribution in [0.15, 0.2) is 30.3 Å². The van der Waals surface area contributed by atoms with Crippen LogP contribution in [0.3, 0.4) is 0 Å². The molecule has 8 heteroatoms. The Morgan fingerprint density at radius 3 is 2.38 bits per heavy atom. The summed E-state index contributed by atoms with van der Waals surface area (Å²) in [6.45, 7) is 1.35. The molecular formula is C18H24N2O6. The first kappa shape index (κ1) is 19.7. The Bertz CT molecular complexity index is 630. The first-order valence-electron chi connectivity index (χ1n) is 8.55. The van der Waals surface area contributed by atoms with E-state index in [0.717, 1.165) is 18.4 Å². The first-order chi connectivity index (χ1) is 12.4. The molecule has 1 aromatic carbocycles. The Labute approximate surface area is 151 Å². The quantitative estimate of drug-likeness (QED) is 0.519. The summed E-state index contributed by atoms with van der Waals surface area (Å²) in [7, 11) is 0. The average molecular weight is 364 g/mol. The minimum absolute atomic E-state index is 0.0141. The molecule has 142 valence electrons. The van der Waals surface area contributed by atoms with Crippen LogP contribution in [-0.4, -0.2) is 46.4 Å². The van der Waals surface area contributed by atoms with Crippen molar-refractivity contribution >= 4 is 18.0 Å². The SMILES string of the molecule is C[C@@H](O)[C@H](NC(=O)OCc1ccccc1)C(=O)N[C@H](CC1CC1)C(=O)O. The molecule has 1 aromatic rings. The number of carbonyl (C=O) groups is 3. The minimum atomic E-state index is -1.31. The molecule has 0 unspecified atom stereocenters. The van der Waals surface area contributed by atoms with E-state index in [-0.39, 0.29) is 6.61 Å². The molecule has 0 saturated heterocycles. The lowest BCUT2D eigenvalue weighted by atomic mass is 10.1. The zero-order chi connectivity index (χ0) is 19.1. The number of hydrogen-bond acceptors (Lipinski definition) is 5. The molecule has 0 aliphatic heterocycles. The number of carboxylic acids is 1. The van der Waals surface area contributed by atoms with E-state index < -0.39 is 36.2 Å². The van der Waals surface area contributed by atoms with Gasteiger partial charge in [-0.3, -0.25) is 4.79 Å². The van der Waals surface area contributed by atoms with Crippen LogP contribution in [-0.2, 0) is 20.9 Å². The highest BCUT2D eigenvalue weighted by Crippen LogP contribution is 2.33. The minimum Gasteiger partial charge on any atom is -0.480 e. The predicted molar refractivity (Wildman–Crippen MR) is 92.1 cm³/mol. The summed E-state index contributed by atoms with van der Waals surface area (Å²) in [6.07, 6.45) is 0.151. The van der Waals surface area contributed by atoms with Crippen molar-refractivity contribution in [2.45, 2.75) is 51.0 Å². The van der Waals surface area contributed by atoms with Crippen molar-refractivity contribution < 1.29 is 29.3 Å². The first-order valence-corrected chi connectivity index (χ1v) is 8.55. The Kier molecular flexibility index (Phi) is 6.97. The van der Waals surface area contributed by atoms with Gasteiger partial charge in [0.15, 0.2) is 0 Å². The Hall–Kier alpha value is -2.61. The fourth-order valence-corrected chi connectivity index (χ4v) is 2.47. The summed E-state index contributed by atoms with van der Waals surface area (Å²) in [5.41, 5.74) is 0.774. The molecule has 0 spiro atoms. The second-order valence-corrected chi connectivity index (χ2v) is 6.50. The molecule has 1 aliphatic carbocycles. The van der Waals surface area contributed by atoms with Gasteiger partial charge < -0.3 is 25.6 Å². The number of hydrogen-bond donors (Lipinski definition) is 4. The largest absolute Gasteiger partial charge is 0.480 e. The summed E-state index contributed by atoms with van der Waals surface area (Å²) in [5, 5.41) is 23.7. The zero-order valence-electron chi connectivity index (χ0n) is 14.6. The second-order valence-electron chi connectivity index (χ2n) is 6.50. The molecule has 26 heavy (non-hydrogen) atoms. The van der Waals surface area contributed by atoms with E-state index in [9.17, 15) is 24.6 Å². The number of amides is 2. The van der Waals surface area contributed by atoms with E-state index in [0.29, 0.717) is 12.3 Å². The number of alkyl carbamates (subject to hydrolysis) is 1. The molecule has 4 N–H and O–H groups in total. The van der Waals surface area contributed by atoms with Gasteiger partial charge in [0.2, 0.25) is 5.91 Å². The van der Waals surface area contributed by atoms with Crippen LogP contribution in [0.2, 0.25) is 0 Å². The van der Waals surface area contributed by atoms with Gasteiger partial charge in [0.1, 0.15) is 18.7 Å². The summed E-state index contributed by atoms with van der Waals surface area (Å²) in [5.74, 6) is -1.60. The third-order valence-corrected chi connectivity index (χ3v) is 4.13. The average Bonchev–Trinajstić information content (AvgIpc) is 3.41. The third-order valence-electron chi connectivity index (χ3n) is 4.13. The Balaban J connectivity index is 1.88. The topological polar surface area (TPSA) is 125 Å². The van der Waals surface area contributed by atoms with Crippen molar-refractivity contribution in [3.05, 3.63) is 35.9 Å². The van der Waals surface area contributed by atoms with Gasteiger partial charge >= 0.3 is 12.1 Å². The normalized spacial score (nSPS) is 16.8. The van der Waals surface area contributed by atoms with Gasteiger partial charge in [-0.15, -0.1) is 0 Å². The number of benzene rings is 1. The maximum atomic E-state index is 12.3. The molecule has 8 nitrogen and oxygen atoms in total. The second kappa shape index (κ2) is 9.19. The number of aliphatic hydroxyl groups excluding tert-OH is 1. The van der Waals surface area contributed by atoms with Crippen molar-refractivity contribution in [3.63, 3.8) is 0 Å². The Morgan fingerprint density at radius 2 is 1.85 bits per heavy atom. The number of nitrogens with one attached hydrogen (secondary N) is 2. The van der Waals surface area contributed by atoms with E-state index in [1.807, 2.05) is 6.07 Å². The molecule has 0 bridgehead atoms. The number of rotatable bonds is 9. The van der Waals surface area contributed by atoms with E-state index >= 15 is 0 Å². The third kappa shape index (κ3) is 6.36. The van der Waals surface area contributed by atoms with Crippen LogP contribution in [0.5, 0.6) is 0 Å². The van der Waals surface area contributed by atoms with Gasteiger partial charge in [0.25, 0.3) is 0 Å². The van der Waals surface area contributed by atoms with Crippen LogP contribution in [0, 0.1) is 5.92 Å². The van der Waals surface area contributed by atoms with Crippen molar-refractivity contribution in [3.8, 4) is 0 Å². The van der Waals surface area contributed by atoms with Gasteiger partial charge in [-0.1, -0.05) is 43.2 Å². The summed E-state index contributed by atoms with van der Waals surface area (Å²) < 4.78 is 5.03. The number of ether oxygens (including phenoxy) is 1. The van der Waals surface area contributed by atoms with Gasteiger partial charge in [0.05, 0.1) is 6.10 Å². The van der Waals surface area contributed by atoms with Gasteiger partial charge in [-0.05, 0) is 24.8 Å². The van der Waals surface area contributed by atoms with E-state index in [2.05, 4.69) is 10.6 Å². The zero-order valence-corrected chi connectivity index (χ0v) is 14.6. The molecular weight excluding hydrogens is 340 g/mol. The highest BCUT2D eigenvalue weighted by atomic mass is 16.5. The van der Waals surface area contributed by atoms with Crippen LogP contribution in [0.25, 0.3) is 0 Å². The molecule has 3 atom stereocenters. The molecule has 0 aromatic heterocycles. The van der Waals surface area contributed by atoms with Crippen LogP contribution in [0.1, 0.15) is 31.7 Å². The lowest BCUT2D eigenvalue weighted by molar-refractivity contribution is -0.142. The monoisotopic (exact) mass is 364 g/mol. The van der Waals surface area contributed by atoms with Crippen LogP contribution >= 0.6 is 0 Å². The molecule has 1 saturated carbocycles. The highest BCUT2D eigenvalue weighted by Gasteiger charge is 2.33. The molecule has 2 rings (SSSR count). The number of aliphatic hydroxyl groups is 1. The van der Waals surface area contributed by atoms with Crippen LogP contribution < -0.4 is 10.6 Å². The molecule has 0 heterocycles.